The lowest BCUT2D eigenvalue weighted by atomic mass is 10.1. The van der Waals surface area contributed by atoms with E-state index in [1.54, 1.807) is 36.3 Å². The van der Waals surface area contributed by atoms with Gasteiger partial charge in [-0.05, 0) is 36.8 Å². The van der Waals surface area contributed by atoms with E-state index in [0.29, 0.717) is 35.0 Å². The smallest absolute Gasteiger partial charge is 0.257 e. The Balaban J connectivity index is 1.88. The Morgan fingerprint density at radius 2 is 2.04 bits per heavy atom. The highest BCUT2D eigenvalue weighted by atomic mass is 16.5. The molecule has 0 aliphatic rings. The van der Waals surface area contributed by atoms with Crippen LogP contribution in [0.4, 0.5) is 5.69 Å². The lowest BCUT2D eigenvalue weighted by Crippen LogP contribution is -2.16. The Morgan fingerprint density at radius 1 is 1.19 bits per heavy atom. The molecule has 0 spiro atoms. The van der Waals surface area contributed by atoms with Crippen LogP contribution >= 0.6 is 0 Å². The molecule has 1 heterocycles. The van der Waals surface area contributed by atoms with Gasteiger partial charge >= 0.3 is 0 Å². The lowest BCUT2D eigenvalue weighted by molar-refractivity contribution is 0.102. The Labute approximate surface area is 158 Å². The van der Waals surface area contributed by atoms with Crippen molar-refractivity contribution in [3.63, 3.8) is 0 Å². The minimum Gasteiger partial charge on any atom is -0.497 e. The van der Waals surface area contributed by atoms with Crippen LogP contribution in [0.25, 0.3) is 5.69 Å². The number of benzene rings is 2. The SMILES string of the molecule is CCCCOc1ccc(OC)cc1NC(=O)c1ccccc1-n1cccn1. The van der Waals surface area contributed by atoms with Crippen molar-refractivity contribution < 1.29 is 14.3 Å². The Hall–Kier alpha value is -3.28. The molecule has 1 amide bonds. The van der Waals surface area contributed by atoms with Gasteiger partial charge in [-0.2, -0.15) is 5.10 Å². The summed E-state index contributed by atoms with van der Waals surface area (Å²) in [5.41, 5.74) is 1.80. The van der Waals surface area contributed by atoms with Gasteiger partial charge in [0, 0.05) is 18.5 Å². The maximum Gasteiger partial charge on any atom is 0.257 e. The molecule has 0 unspecified atom stereocenters. The summed E-state index contributed by atoms with van der Waals surface area (Å²) in [7, 11) is 1.59. The van der Waals surface area contributed by atoms with E-state index in [2.05, 4.69) is 17.3 Å². The Kier molecular flexibility index (Phi) is 6.10. The number of ether oxygens (including phenoxy) is 2. The molecular weight excluding hydrogens is 342 g/mol. The molecule has 0 fully saturated rings. The van der Waals surface area contributed by atoms with Crippen LogP contribution in [0.2, 0.25) is 0 Å². The van der Waals surface area contributed by atoms with Gasteiger partial charge < -0.3 is 14.8 Å². The molecule has 0 radical (unpaired) electrons. The first-order valence-electron chi connectivity index (χ1n) is 8.94. The molecule has 27 heavy (non-hydrogen) atoms. The highest BCUT2D eigenvalue weighted by Crippen LogP contribution is 2.30. The minimum absolute atomic E-state index is 0.241. The van der Waals surface area contributed by atoms with E-state index in [0.717, 1.165) is 12.8 Å². The van der Waals surface area contributed by atoms with E-state index < -0.39 is 0 Å². The second-order valence-electron chi connectivity index (χ2n) is 5.99. The van der Waals surface area contributed by atoms with Gasteiger partial charge in [-0.1, -0.05) is 25.5 Å². The number of aromatic nitrogens is 2. The largest absolute Gasteiger partial charge is 0.497 e. The molecule has 0 saturated heterocycles. The standard InChI is InChI=1S/C21H23N3O3/c1-3-4-14-27-20-11-10-16(26-2)15-18(20)23-21(25)17-8-5-6-9-19(17)24-13-7-12-22-24/h5-13,15H,3-4,14H2,1-2H3,(H,23,25). The molecule has 0 aliphatic heterocycles. The van der Waals surface area contributed by atoms with Gasteiger partial charge in [0.2, 0.25) is 0 Å². The van der Waals surface area contributed by atoms with Crippen molar-refractivity contribution in [2.45, 2.75) is 19.8 Å². The highest BCUT2D eigenvalue weighted by molar-refractivity contribution is 6.07. The summed E-state index contributed by atoms with van der Waals surface area (Å²) in [6.45, 7) is 2.70. The number of hydrogen-bond donors (Lipinski definition) is 1. The quantitative estimate of drug-likeness (QED) is 0.604. The van der Waals surface area contributed by atoms with Gasteiger partial charge in [0.25, 0.3) is 5.91 Å². The van der Waals surface area contributed by atoms with E-state index in [9.17, 15) is 4.79 Å². The number of nitrogens with one attached hydrogen (secondary N) is 1. The molecule has 0 atom stereocenters. The predicted molar refractivity (Wildman–Crippen MR) is 105 cm³/mol. The van der Waals surface area contributed by atoms with Crippen molar-refractivity contribution in [3.8, 4) is 17.2 Å². The fourth-order valence-electron chi connectivity index (χ4n) is 2.65. The van der Waals surface area contributed by atoms with Crippen molar-refractivity contribution in [3.05, 3.63) is 66.5 Å². The molecule has 2 aromatic carbocycles. The van der Waals surface area contributed by atoms with Crippen LogP contribution in [0.3, 0.4) is 0 Å². The molecule has 0 bridgehead atoms. The molecule has 3 aromatic rings. The van der Waals surface area contributed by atoms with E-state index in [4.69, 9.17) is 9.47 Å². The number of anilines is 1. The summed E-state index contributed by atoms with van der Waals surface area (Å²) >= 11 is 0. The molecule has 140 valence electrons. The van der Waals surface area contributed by atoms with Gasteiger partial charge in [0.15, 0.2) is 0 Å². The van der Waals surface area contributed by atoms with Crippen LogP contribution in [0.1, 0.15) is 30.1 Å². The van der Waals surface area contributed by atoms with E-state index in [1.807, 2.05) is 36.4 Å². The van der Waals surface area contributed by atoms with Crippen molar-refractivity contribution in [2.75, 3.05) is 19.0 Å². The van der Waals surface area contributed by atoms with Crippen LogP contribution in [-0.4, -0.2) is 29.4 Å². The summed E-state index contributed by atoms with van der Waals surface area (Å²) < 4.78 is 12.8. The zero-order valence-electron chi connectivity index (χ0n) is 15.5. The molecule has 0 saturated carbocycles. The van der Waals surface area contributed by atoms with Crippen molar-refractivity contribution in [2.24, 2.45) is 0 Å². The van der Waals surface area contributed by atoms with Gasteiger partial charge in [0.1, 0.15) is 11.5 Å². The fraction of sp³-hybridized carbons (Fsp3) is 0.238. The summed E-state index contributed by atoms with van der Waals surface area (Å²) in [5, 5.41) is 7.17. The molecular formula is C21H23N3O3. The van der Waals surface area contributed by atoms with Gasteiger partial charge in [-0.25, -0.2) is 4.68 Å². The zero-order chi connectivity index (χ0) is 19.1. The lowest BCUT2D eigenvalue weighted by Gasteiger charge is -2.15. The van der Waals surface area contributed by atoms with E-state index >= 15 is 0 Å². The van der Waals surface area contributed by atoms with Crippen LogP contribution in [-0.2, 0) is 0 Å². The number of carbonyl (C=O) groups excluding carboxylic acids is 1. The molecule has 1 aromatic heterocycles. The monoisotopic (exact) mass is 365 g/mol. The van der Waals surface area contributed by atoms with Crippen LogP contribution in [0.5, 0.6) is 11.5 Å². The van der Waals surface area contributed by atoms with E-state index in [1.165, 1.54) is 0 Å². The van der Waals surface area contributed by atoms with Crippen molar-refractivity contribution in [1.82, 2.24) is 9.78 Å². The third-order valence-electron chi connectivity index (χ3n) is 4.09. The maximum absolute atomic E-state index is 13.0. The number of amides is 1. The highest BCUT2D eigenvalue weighted by Gasteiger charge is 2.15. The van der Waals surface area contributed by atoms with Gasteiger partial charge in [0.05, 0.1) is 30.7 Å². The van der Waals surface area contributed by atoms with Crippen molar-refractivity contribution >= 4 is 11.6 Å². The summed E-state index contributed by atoms with van der Waals surface area (Å²) in [4.78, 5) is 13.0. The number of methoxy groups -OCH3 is 1. The minimum atomic E-state index is -0.241. The van der Waals surface area contributed by atoms with Gasteiger partial charge in [-0.3, -0.25) is 4.79 Å². The van der Waals surface area contributed by atoms with Crippen LogP contribution in [0, 0.1) is 0 Å². The Bertz CT molecular complexity index is 891. The first kappa shape index (κ1) is 18.5. The number of para-hydroxylation sites is 1. The first-order chi connectivity index (χ1) is 13.2. The second-order valence-corrected chi connectivity index (χ2v) is 5.99. The number of carbonyl (C=O) groups is 1. The predicted octanol–water partition coefficient (Wildman–Crippen LogP) is 4.31. The normalized spacial score (nSPS) is 10.4. The first-order valence-corrected chi connectivity index (χ1v) is 8.94. The zero-order valence-corrected chi connectivity index (χ0v) is 15.5. The molecule has 3 rings (SSSR count). The molecule has 6 heteroatoms. The molecule has 1 N–H and O–H groups in total. The summed E-state index contributed by atoms with van der Waals surface area (Å²) in [6.07, 6.45) is 5.46. The molecule has 0 aliphatic carbocycles. The summed E-state index contributed by atoms with van der Waals surface area (Å²) in [5.74, 6) is 1.03. The average Bonchev–Trinajstić information content (AvgIpc) is 3.24. The summed E-state index contributed by atoms with van der Waals surface area (Å²) in [6, 6.07) is 14.5. The number of hydrogen-bond acceptors (Lipinski definition) is 4. The fourth-order valence-corrected chi connectivity index (χ4v) is 2.65. The maximum atomic E-state index is 13.0. The van der Waals surface area contributed by atoms with Crippen LogP contribution in [0.15, 0.2) is 60.9 Å². The van der Waals surface area contributed by atoms with Gasteiger partial charge in [-0.15, -0.1) is 0 Å². The topological polar surface area (TPSA) is 65.4 Å². The molecule has 6 nitrogen and oxygen atoms in total. The van der Waals surface area contributed by atoms with Crippen LogP contribution < -0.4 is 14.8 Å². The Morgan fingerprint density at radius 3 is 2.78 bits per heavy atom. The number of unbranched alkanes of at least 4 members (excludes halogenated alkanes) is 1. The average molecular weight is 365 g/mol. The third kappa shape index (κ3) is 4.47. The number of rotatable bonds is 8. The van der Waals surface area contributed by atoms with Crippen molar-refractivity contribution in [1.29, 1.82) is 0 Å². The third-order valence-corrected chi connectivity index (χ3v) is 4.09. The number of nitrogens with zero attached hydrogens (tertiary/aromatic N) is 2. The van der Waals surface area contributed by atoms with E-state index in [-0.39, 0.29) is 5.91 Å². The second kappa shape index (κ2) is 8.89.